The molecule has 0 aliphatic carbocycles. The van der Waals surface area contributed by atoms with Gasteiger partial charge in [-0.2, -0.15) is 13.2 Å². The van der Waals surface area contributed by atoms with Gasteiger partial charge in [-0.1, -0.05) is 23.4 Å². The van der Waals surface area contributed by atoms with Crippen molar-refractivity contribution in [2.45, 2.75) is 24.4 Å². The van der Waals surface area contributed by atoms with Gasteiger partial charge < -0.3 is 10.9 Å². The van der Waals surface area contributed by atoms with Crippen LogP contribution in [0.5, 0.6) is 0 Å². The minimum absolute atomic E-state index is 0.114. The number of alkyl halides is 3. The van der Waals surface area contributed by atoms with E-state index in [1.54, 1.807) is 0 Å². The van der Waals surface area contributed by atoms with Gasteiger partial charge in [-0.3, -0.25) is 4.31 Å². The molecule has 1 aromatic heterocycles. The molecular weight excluding hydrogens is 423 g/mol. The maximum absolute atomic E-state index is 13.2. The molecule has 154 valence electrons. The topological polar surface area (TPSA) is 78.9 Å². The molecule has 10 heteroatoms. The number of nitrogens with zero attached hydrogens (tertiary/aromatic N) is 2. The van der Waals surface area contributed by atoms with E-state index in [2.05, 4.69) is 5.16 Å². The molecule has 2 aromatic carbocycles. The lowest BCUT2D eigenvalue weighted by atomic mass is 10.2. The molecule has 0 fully saturated rings. The second-order valence-corrected chi connectivity index (χ2v) is 8.70. The number of hydrogen-bond acceptors (Lipinski definition) is 4. The molecule has 0 aliphatic heterocycles. The van der Waals surface area contributed by atoms with E-state index in [1.165, 1.54) is 39.9 Å². The summed E-state index contributed by atoms with van der Waals surface area (Å²) in [5.74, 6) is -0.114. The van der Waals surface area contributed by atoms with E-state index >= 15 is 0 Å². The summed E-state index contributed by atoms with van der Waals surface area (Å²) < 4.78 is 54.1. The van der Waals surface area contributed by atoms with E-state index in [0.29, 0.717) is 15.5 Å². The fourth-order valence-electron chi connectivity index (χ4n) is 2.81. The highest BCUT2D eigenvalue weighted by atomic mass is 32.2. The Hall–Kier alpha value is -2.59. The van der Waals surface area contributed by atoms with Crippen molar-refractivity contribution < 1.29 is 22.6 Å². The molecule has 0 bridgehead atoms. The van der Waals surface area contributed by atoms with Gasteiger partial charge in [-0.25, -0.2) is 4.21 Å². The number of hydrogen-bond donors (Lipinski definition) is 2. The third-order valence-corrected chi connectivity index (χ3v) is 7.16. The summed E-state index contributed by atoms with van der Waals surface area (Å²) in [6, 6.07) is 13.5. The largest absolute Gasteiger partial charge is 0.409 e. The summed E-state index contributed by atoms with van der Waals surface area (Å²) in [6.45, 7) is 1.37. The van der Waals surface area contributed by atoms with Crippen molar-refractivity contribution in [3.8, 4) is 0 Å². The normalized spacial score (nSPS) is 13.6. The van der Waals surface area contributed by atoms with Crippen molar-refractivity contribution in [3.63, 3.8) is 0 Å². The van der Waals surface area contributed by atoms with Gasteiger partial charge in [0.25, 0.3) is 0 Å². The average molecular weight is 442 g/mol. The van der Waals surface area contributed by atoms with Gasteiger partial charge in [0.05, 0.1) is 11.3 Å². The van der Waals surface area contributed by atoms with Gasteiger partial charge >= 0.3 is 6.18 Å². The minimum atomic E-state index is -4.37. The van der Waals surface area contributed by atoms with Gasteiger partial charge in [-0.15, -0.1) is 11.3 Å². The lowest BCUT2D eigenvalue weighted by molar-refractivity contribution is -0.131. The molecule has 3 N–H and O–H groups in total. The lowest BCUT2D eigenvalue weighted by Crippen LogP contribution is -2.30. The van der Waals surface area contributed by atoms with Crippen LogP contribution in [0.2, 0.25) is 0 Å². The number of fused-ring (bicyclic) bond motifs is 1. The van der Waals surface area contributed by atoms with E-state index in [9.17, 15) is 17.4 Å². The first-order valence-corrected chi connectivity index (χ1v) is 10.5. The van der Waals surface area contributed by atoms with Crippen LogP contribution in [0.1, 0.15) is 17.5 Å². The number of oxime groups is 1. The number of anilines is 1. The predicted octanol–water partition coefficient (Wildman–Crippen LogP) is 4.79. The predicted molar refractivity (Wildman–Crippen MR) is 110 cm³/mol. The highest BCUT2D eigenvalue weighted by Crippen LogP contribution is 2.39. The highest BCUT2D eigenvalue weighted by Gasteiger charge is 2.31. The SMILES string of the molecule is Cc1c(N(CCC(F)(F)F)S(=O)c2ccc(/C(N)=N/O)cc2)sc2ccccc12. The molecule has 0 saturated carbocycles. The fourth-order valence-corrected chi connectivity index (χ4v) is 5.44. The quantitative estimate of drug-likeness (QED) is 0.250. The average Bonchev–Trinajstić information content (AvgIpc) is 3.03. The van der Waals surface area contributed by atoms with Crippen LogP contribution in [0.4, 0.5) is 18.2 Å². The van der Waals surface area contributed by atoms with Gasteiger partial charge in [0.1, 0.15) is 5.00 Å². The van der Waals surface area contributed by atoms with Gasteiger partial charge in [0.2, 0.25) is 0 Å². The Bertz CT molecular complexity index is 1060. The summed E-state index contributed by atoms with van der Waals surface area (Å²) in [5, 5.41) is 13.1. The van der Waals surface area contributed by atoms with Crippen LogP contribution in [0, 0.1) is 6.92 Å². The number of aryl methyl sites for hydroxylation is 1. The van der Waals surface area contributed by atoms with E-state index in [-0.39, 0.29) is 5.84 Å². The van der Waals surface area contributed by atoms with E-state index in [0.717, 1.165) is 15.6 Å². The fraction of sp³-hybridized carbons (Fsp3) is 0.211. The van der Waals surface area contributed by atoms with Crippen LogP contribution in [0.3, 0.4) is 0 Å². The zero-order chi connectivity index (χ0) is 21.2. The molecule has 0 amide bonds. The van der Waals surface area contributed by atoms with Crippen LogP contribution in [0.15, 0.2) is 58.6 Å². The molecule has 0 radical (unpaired) electrons. The molecule has 3 rings (SSSR count). The molecule has 1 heterocycles. The van der Waals surface area contributed by atoms with E-state index < -0.39 is 30.1 Å². The number of rotatable bonds is 6. The van der Waals surface area contributed by atoms with Crippen molar-refractivity contribution in [2.75, 3.05) is 10.8 Å². The molecule has 5 nitrogen and oxygen atoms in total. The Morgan fingerprint density at radius 1 is 1.21 bits per heavy atom. The van der Waals surface area contributed by atoms with Crippen LogP contribution < -0.4 is 10.0 Å². The Labute approximate surface area is 171 Å². The maximum atomic E-state index is 13.2. The number of nitrogens with two attached hydrogens (primary N) is 1. The van der Waals surface area contributed by atoms with E-state index in [1.807, 2.05) is 31.2 Å². The summed E-state index contributed by atoms with van der Waals surface area (Å²) in [5.41, 5.74) is 6.72. The summed E-state index contributed by atoms with van der Waals surface area (Å²) in [6.07, 6.45) is -5.46. The van der Waals surface area contributed by atoms with Crippen LogP contribution in [0.25, 0.3) is 10.1 Å². The van der Waals surface area contributed by atoms with Crippen molar-refractivity contribution in [1.82, 2.24) is 0 Å². The van der Waals surface area contributed by atoms with E-state index in [4.69, 9.17) is 10.9 Å². The van der Waals surface area contributed by atoms with Crippen LogP contribution >= 0.6 is 11.3 Å². The molecule has 3 aromatic rings. The molecule has 1 unspecified atom stereocenters. The van der Waals surface area contributed by atoms with Crippen LogP contribution in [-0.4, -0.2) is 28.0 Å². The van der Waals surface area contributed by atoms with Gasteiger partial charge in [0, 0.05) is 16.8 Å². The minimum Gasteiger partial charge on any atom is -0.409 e. The number of amidine groups is 1. The monoisotopic (exact) mass is 441 g/mol. The standard InChI is InChI=1S/C19H18F3N3O2S2/c1-12-15-4-2-3-5-16(15)28-18(12)25(11-10-19(20,21)22)29(27)14-8-6-13(7-9-14)17(23)24-26/h2-9,26H,10-11H2,1H3,(H2,23,24). The van der Waals surface area contributed by atoms with Crippen molar-refractivity contribution in [1.29, 1.82) is 0 Å². The molecule has 1 atom stereocenters. The number of halogens is 3. The number of benzene rings is 2. The third kappa shape index (κ3) is 4.70. The molecule has 0 saturated heterocycles. The molecular formula is C19H18F3N3O2S2. The number of thiophene rings is 1. The Balaban J connectivity index is 2.00. The molecule has 0 aliphatic rings. The highest BCUT2D eigenvalue weighted by molar-refractivity contribution is 7.86. The molecule has 0 spiro atoms. The first kappa shape index (κ1) is 21.1. The second kappa shape index (κ2) is 8.42. The second-order valence-electron chi connectivity index (χ2n) is 6.25. The maximum Gasteiger partial charge on any atom is 0.390 e. The zero-order valence-corrected chi connectivity index (χ0v) is 16.9. The smallest absolute Gasteiger partial charge is 0.390 e. The first-order chi connectivity index (χ1) is 13.7. The van der Waals surface area contributed by atoms with Gasteiger partial charge in [0.15, 0.2) is 16.8 Å². The van der Waals surface area contributed by atoms with Crippen molar-refractivity contribution >= 4 is 43.2 Å². The van der Waals surface area contributed by atoms with Crippen LogP contribution in [-0.2, 0) is 11.0 Å². The Kier molecular flexibility index (Phi) is 6.13. The summed E-state index contributed by atoms with van der Waals surface area (Å²) in [4.78, 5) is 0.318. The lowest BCUT2D eigenvalue weighted by Gasteiger charge is -2.23. The zero-order valence-electron chi connectivity index (χ0n) is 15.3. The van der Waals surface area contributed by atoms with Crippen molar-refractivity contribution in [3.05, 3.63) is 59.7 Å². The molecule has 29 heavy (non-hydrogen) atoms. The van der Waals surface area contributed by atoms with Gasteiger partial charge in [-0.05, 0) is 48.2 Å². The Morgan fingerprint density at radius 3 is 2.45 bits per heavy atom. The van der Waals surface area contributed by atoms with Crippen molar-refractivity contribution in [2.24, 2.45) is 10.9 Å². The first-order valence-electron chi connectivity index (χ1n) is 8.53. The third-order valence-electron chi connectivity index (χ3n) is 4.30. The summed E-state index contributed by atoms with van der Waals surface area (Å²) >= 11 is 1.31. The Morgan fingerprint density at radius 2 is 1.86 bits per heavy atom. The summed E-state index contributed by atoms with van der Waals surface area (Å²) in [7, 11) is -1.87.